The van der Waals surface area contributed by atoms with Crippen molar-refractivity contribution >= 4 is 6.21 Å². The summed E-state index contributed by atoms with van der Waals surface area (Å²) in [6, 6.07) is 0. The van der Waals surface area contributed by atoms with Crippen LogP contribution in [0, 0.1) is 0 Å². The first kappa shape index (κ1) is 9.33. The second-order valence-electron chi connectivity index (χ2n) is 1.63. The Balaban J connectivity index is 2.94. The lowest BCUT2D eigenvalue weighted by atomic mass is 10.6. The van der Waals surface area contributed by atoms with Crippen LogP contribution in [-0.2, 0) is 4.74 Å². The predicted molar refractivity (Wildman–Crippen MR) is 41.5 cm³/mol. The number of aliphatic imine (C=N–C) groups is 1. The molecule has 0 aromatic heterocycles. The number of aliphatic hydroxyl groups excluding tert-OH is 1. The van der Waals surface area contributed by atoms with Gasteiger partial charge >= 0.3 is 0 Å². The number of hydrogen-bond donors (Lipinski definition) is 1. The minimum atomic E-state index is 0.0648. The van der Waals surface area contributed by atoms with Gasteiger partial charge in [-0.05, 0) is 0 Å². The standard InChI is InChI=1S/C7H13NO2/c1-2-3-8-4-6-10-7-5-9/h2,4,9H,1,3,5-7H2. The first-order valence-corrected chi connectivity index (χ1v) is 3.19. The van der Waals surface area contributed by atoms with Crippen molar-refractivity contribution in [2.75, 3.05) is 26.4 Å². The van der Waals surface area contributed by atoms with Crippen molar-refractivity contribution < 1.29 is 9.84 Å². The van der Waals surface area contributed by atoms with Crippen molar-refractivity contribution in [3.63, 3.8) is 0 Å². The molecule has 0 fully saturated rings. The van der Waals surface area contributed by atoms with E-state index in [0.29, 0.717) is 19.8 Å². The zero-order valence-corrected chi connectivity index (χ0v) is 5.99. The van der Waals surface area contributed by atoms with E-state index in [0.717, 1.165) is 0 Å². The van der Waals surface area contributed by atoms with E-state index in [1.54, 1.807) is 12.3 Å². The normalized spacial score (nSPS) is 10.5. The maximum absolute atomic E-state index is 8.28. The molecule has 0 bridgehead atoms. The molecule has 0 rings (SSSR count). The van der Waals surface area contributed by atoms with Gasteiger partial charge in [0.1, 0.15) is 0 Å². The lowest BCUT2D eigenvalue weighted by Gasteiger charge is -1.93. The average molecular weight is 143 g/mol. The molecule has 0 aromatic carbocycles. The summed E-state index contributed by atoms with van der Waals surface area (Å²) in [4.78, 5) is 3.91. The van der Waals surface area contributed by atoms with Crippen molar-refractivity contribution in [2.45, 2.75) is 0 Å². The van der Waals surface area contributed by atoms with Gasteiger partial charge in [-0.15, -0.1) is 6.58 Å². The third-order valence-corrected chi connectivity index (χ3v) is 0.792. The minimum absolute atomic E-state index is 0.0648. The number of ether oxygens (including phenoxy) is 1. The summed E-state index contributed by atoms with van der Waals surface area (Å²) in [5.74, 6) is 0. The average Bonchev–Trinajstić information content (AvgIpc) is 1.97. The monoisotopic (exact) mass is 143 g/mol. The second kappa shape index (κ2) is 8.33. The van der Waals surface area contributed by atoms with Crippen LogP contribution in [0.4, 0.5) is 0 Å². The molecule has 0 spiro atoms. The molecule has 0 radical (unpaired) electrons. The van der Waals surface area contributed by atoms with Crippen LogP contribution in [0.2, 0.25) is 0 Å². The number of rotatable bonds is 6. The molecule has 3 heteroatoms. The Morgan fingerprint density at radius 2 is 2.40 bits per heavy atom. The van der Waals surface area contributed by atoms with Gasteiger partial charge in [0.25, 0.3) is 0 Å². The zero-order valence-electron chi connectivity index (χ0n) is 5.99. The van der Waals surface area contributed by atoms with E-state index in [2.05, 4.69) is 11.6 Å². The van der Waals surface area contributed by atoms with E-state index in [-0.39, 0.29) is 6.61 Å². The van der Waals surface area contributed by atoms with Crippen molar-refractivity contribution in [1.82, 2.24) is 0 Å². The highest BCUT2D eigenvalue weighted by atomic mass is 16.5. The predicted octanol–water partition coefficient (Wildman–Crippen LogP) is 0.252. The Morgan fingerprint density at radius 1 is 1.60 bits per heavy atom. The van der Waals surface area contributed by atoms with Crippen molar-refractivity contribution in [3.8, 4) is 0 Å². The second-order valence-corrected chi connectivity index (χ2v) is 1.63. The Bertz CT molecular complexity index is 102. The summed E-state index contributed by atoms with van der Waals surface area (Å²) in [5.41, 5.74) is 0. The minimum Gasteiger partial charge on any atom is -0.394 e. The van der Waals surface area contributed by atoms with Crippen LogP contribution in [0.1, 0.15) is 0 Å². The van der Waals surface area contributed by atoms with Crippen LogP contribution in [0.15, 0.2) is 17.6 Å². The molecule has 0 saturated heterocycles. The maximum Gasteiger partial charge on any atom is 0.0815 e. The van der Waals surface area contributed by atoms with E-state index < -0.39 is 0 Å². The third-order valence-electron chi connectivity index (χ3n) is 0.792. The van der Waals surface area contributed by atoms with Crippen LogP contribution in [0.25, 0.3) is 0 Å². The fourth-order valence-corrected chi connectivity index (χ4v) is 0.402. The summed E-state index contributed by atoms with van der Waals surface area (Å²) >= 11 is 0. The highest BCUT2D eigenvalue weighted by Gasteiger charge is 1.79. The largest absolute Gasteiger partial charge is 0.394 e. The molecule has 0 aliphatic heterocycles. The highest BCUT2D eigenvalue weighted by Crippen LogP contribution is 1.71. The van der Waals surface area contributed by atoms with E-state index in [1.165, 1.54) is 0 Å². The Hall–Kier alpha value is -0.670. The molecule has 0 aromatic rings. The van der Waals surface area contributed by atoms with Gasteiger partial charge in [0.2, 0.25) is 0 Å². The first-order chi connectivity index (χ1) is 4.91. The molecule has 0 unspecified atom stereocenters. The van der Waals surface area contributed by atoms with Crippen LogP contribution < -0.4 is 0 Å². The quantitative estimate of drug-likeness (QED) is 0.329. The molecule has 58 valence electrons. The van der Waals surface area contributed by atoms with Gasteiger partial charge in [-0.1, -0.05) is 6.08 Å². The van der Waals surface area contributed by atoms with Crippen molar-refractivity contribution in [3.05, 3.63) is 12.7 Å². The number of hydrogen-bond acceptors (Lipinski definition) is 3. The number of nitrogens with zero attached hydrogens (tertiary/aromatic N) is 1. The molecule has 3 nitrogen and oxygen atoms in total. The molecule has 0 atom stereocenters. The Kier molecular flexibility index (Phi) is 7.77. The smallest absolute Gasteiger partial charge is 0.0815 e. The van der Waals surface area contributed by atoms with E-state index in [9.17, 15) is 0 Å². The summed E-state index contributed by atoms with van der Waals surface area (Å²) in [6.07, 6.45) is 3.37. The van der Waals surface area contributed by atoms with Crippen LogP contribution in [0.3, 0.4) is 0 Å². The van der Waals surface area contributed by atoms with E-state index in [4.69, 9.17) is 9.84 Å². The summed E-state index contributed by atoms with van der Waals surface area (Å²) in [5, 5.41) is 8.28. The molecule has 10 heavy (non-hydrogen) atoms. The fourth-order valence-electron chi connectivity index (χ4n) is 0.402. The SMILES string of the molecule is C=CCN=CCOCCO. The first-order valence-electron chi connectivity index (χ1n) is 3.19. The maximum atomic E-state index is 8.28. The molecule has 0 aliphatic rings. The summed E-state index contributed by atoms with van der Waals surface area (Å²) in [7, 11) is 0. The van der Waals surface area contributed by atoms with Crippen molar-refractivity contribution in [1.29, 1.82) is 0 Å². The van der Waals surface area contributed by atoms with Crippen LogP contribution in [0.5, 0.6) is 0 Å². The van der Waals surface area contributed by atoms with Gasteiger partial charge in [-0.3, -0.25) is 4.99 Å². The highest BCUT2D eigenvalue weighted by molar-refractivity contribution is 5.58. The van der Waals surface area contributed by atoms with Gasteiger partial charge < -0.3 is 9.84 Å². The van der Waals surface area contributed by atoms with Gasteiger partial charge in [-0.25, -0.2) is 0 Å². The zero-order chi connectivity index (χ0) is 7.66. The third kappa shape index (κ3) is 7.33. The van der Waals surface area contributed by atoms with Crippen molar-refractivity contribution in [2.24, 2.45) is 4.99 Å². The lowest BCUT2D eigenvalue weighted by molar-refractivity contribution is 0.120. The van der Waals surface area contributed by atoms with Gasteiger partial charge in [0.05, 0.1) is 26.4 Å². The molecule has 0 amide bonds. The van der Waals surface area contributed by atoms with Gasteiger partial charge in [0.15, 0.2) is 0 Å². The van der Waals surface area contributed by atoms with Gasteiger partial charge in [0, 0.05) is 6.21 Å². The molecule has 0 heterocycles. The topological polar surface area (TPSA) is 41.8 Å². The fraction of sp³-hybridized carbons (Fsp3) is 0.571. The Morgan fingerprint density at radius 3 is 3.00 bits per heavy atom. The molecular formula is C7H13NO2. The summed E-state index contributed by atoms with van der Waals surface area (Å²) < 4.78 is 4.90. The molecule has 1 N–H and O–H groups in total. The van der Waals surface area contributed by atoms with E-state index in [1.807, 2.05) is 0 Å². The Labute approximate surface area is 61.0 Å². The molecule has 0 aliphatic carbocycles. The number of aliphatic hydroxyl groups is 1. The van der Waals surface area contributed by atoms with E-state index >= 15 is 0 Å². The lowest BCUT2D eigenvalue weighted by Crippen LogP contribution is -2.01. The molecule has 0 saturated carbocycles. The van der Waals surface area contributed by atoms with Crippen LogP contribution in [-0.4, -0.2) is 37.7 Å². The van der Waals surface area contributed by atoms with Gasteiger partial charge in [-0.2, -0.15) is 0 Å². The molecular weight excluding hydrogens is 130 g/mol. The summed E-state index contributed by atoms with van der Waals surface area (Å²) in [6.45, 7) is 5.03. The van der Waals surface area contributed by atoms with Crippen LogP contribution >= 0.6 is 0 Å².